The zero-order chi connectivity index (χ0) is 19.1. The molecule has 0 spiro atoms. The molecule has 0 atom stereocenters. The number of nitrogens with one attached hydrogen (secondary N) is 2. The van der Waals surface area contributed by atoms with Gasteiger partial charge in [-0.3, -0.25) is 4.99 Å². The number of rotatable bonds is 8. The first kappa shape index (κ1) is 22.3. The first-order valence-corrected chi connectivity index (χ1v) is 9.42. The van der Waals surface area contributed by atoms with Crippen LogP contribution in [0.2, 0.25) is 0 Å². The van der Waals surface area contributed by atoms with Gasteiger partial charge in [0, 0.05) is 25.6 Å². The number of halogens is 1. The van der Waals surface area contributed by atoms with E-state index in [0.717, 1.165) is 42.5 Å². The van der Waals surface area contributed by atoms with Crippen molar-refractivity contribution >= 4 is 29.9 Å². The molecule has 1 fully saturated rings. The SMILES string of the molecule is CN=C(NCCc1cc(OC)ccc1OC)NCC1(c2ccccc2)CC1.I. The predicted octanol–water partition coefficient (Wildman–Crippen LogP) is 3.76. The van der Waals surface area contributed by atoms with E-state index in [9.17, 15) is 0 Å². The molecule has 2 aromatic carbocycles. The van der Waals surface area contributed by atoms with Gasteiger partial charge in [0.2, 0.25) is 0 Å². The van der Waals surface area contributed by atoms with Gasteiger partial charge < -0.3 is 20.1 Å². The molecule has 0 radical (unpaired) electrons. The Morgan fingerprint density at radius 2 is 1.79 bits per heavy atom. The van der Waals surface area contributed by atoms with E-state index in [1.54, 1.807) is 14.2 Å². The third kappa shape index (κ3) is 5.53. The Bertz CT molecular complexity index is 777. The maximum absolute atomic E-state index is 5.45. The van der Waals surface area contributed by atoms with Crippen molar-refractivity contribution in [3.05, 3.63) is 59.7 Å². The van der Waals surface area contributed by atoms with Crippen molar-refractivity contribution < 1.29 is 9.47 Å². The predicted molar refractivity (Wildman–Crippen MR) is 125 cm³/mol. The molecular formula is C22H30IN3O2. The summed E-state index contributed by atoms with van der Waals surface area (Å²) in [4.78, 5) is 4.36. The molecule has 0 amide bonds. The molecule has 152 valence electrons. The molecule has 0 aromatic heterocycles. The molecule has 0 aliphatic heterocycles. The van der Waals surface area contributed by atoms with E-state index in [4.69, 9.17) is 9.47 Å². The van der Waals surface area contributed by atoms with Gasteiger partial charge in [-0.1, -0.05) is 30.3 Å². The van der Waals surface area contributed by atoms with Crippen LogP contribution in [0.25, 0.3) is 0 Å². The maximum atomic E-state index is 5.45. The lowest BCUT2D eigenvalue weighted by Gasteiger charge is -2.19. The minimum Gasteiger partial charge on any atom is -0.497 e. The van der Waals surface area contributed by atoms with Crippen molar-refractivity contribution in [3.63, 3.8) is 0 Å². The minimum absolute atomic E-state index is 0. The molecule has 1 saturated carbocycles. The van der Waals surface area contributed by atoms with E-state index in [1.165, 1.54) is 18.4 Å². The molecule has 3 rings (SSSR count). The van der Waals surface area contributed by atoms with Gasteiger partial charge in [-0.15, -0.1) is 24.0 Å². The number of ether oxygens (including phenoxy) is 2. The zero-order valence-electron chi connectivity index (χ0n) is 16.8. The number of methoxy groups -OCH3 is 2. The van der Waals surface area contributed by atoms with Crippen LogP contribution in [0, 0.1) is 0 Å². The molecule has 1 aliphatic rings. The second kappa shape index (κ2) is 10.5. The molecular weight excluding hydrogens is 465 g/mol. The van der Waals surface area contributed by atoms with E-state index in [2.05, 4.69) is 46.0 Å². The zero-order valence-corrected chi connectivity index (χ0v) is 19.2. The standard InChI is InChI=1S/C22H29N3O2.HI/c1-23-21(25-16-22(12-13-22)18-7-5-4-6-8-18)24-14-11-17-15-19(26-2)9-10-20(17)27-3;/h4-10,15H,11-14,16H2,1-3H3,(H2,23,24,25);1H. The van der Waals surface area contributed by atoms with Gasteiger partial charge in [0.1, 0.15) is 11.5 Å². The Labute approximate surface area is 184 Å². The van der Waals surface area contributed by atoms with Crippen molar-refractivity contribution in [1.29, 1.82) is 0 Å². The number of hydrogen-bond acceptors (Lipinski definition) is 3. The largest absolute Gasteiger partial charge is 0.497 e. The monoisotopic (exact) mass is 495 g/mol. The van der Waals surface area contributed by atoms with Crippen molar-refractivity contribution in [1.82, 2.24) is 10.6 Å². The average molecular weight is 495 g/mol. The van der Waals surface area contributed by atoms with E-state index >= 15 is 0 Å². The molecule has 0 bridgehead atoms. The van der Waals surface area contributed by atoms with Crippen LogP contribution in [0.1, 0.15) is 24.0 Å². The molecule has 28 heavy (non-hydrogen) atoms. The fourth-order valence-electron chi connectivity index (χ4n) is 3.38. The van der Waals surface area contributed by atoms with E-state index in [1.807, 2.05) is 25.2 Å². The third-order valence-electron chi connectivity index (χ3n) is 5.23. The average Bonchev–Trinajstić information content (AvgIpc) is 3.52. The van der Waals surface area contributed by atoms with Crippen LogP contribution in [0.4, 0.5) is 0 Å². The maximum Gasteiger partial charge on any atom is 0.191 e. The number of hydrogen-bond donors (Lipinski definition) is 2. The van der Waals surface area contributed by atoms with Crippen LogP contribution in [0.3, 0.4) is 0 Å². The summed E-state index contributed by atoms with van der Waals surface area (Å²) in [7, 11) is 5.18. The molecule has 5 nitrogen and oxygen atoms in total. The highest BCUT2D eigenvalue weighted by Gasteiger charge is 2.43. The summed E-state index contributed by atoms with van der Waals surface area (Å²) >= 11 is 0. The Morgan fingerprint density at radius 1 is 1.04 bits per heavy atom. The van der Waals surface area contributed by atoms with Crippen LogP contribution < -0.4 is 20.1 Å². The molecule has 2 N–H and O–H groups in total. The molecule has 0 saturated heterocycles. The lowest BCUT2D eigenvalue weighted by atomic mass is 9.96. The quantitative estimate of drug-likeness (QED) is 0.333. The lowest BCUT2D eigenvalue weighted by Crippen LogP contribution is -2.42. The van der Waals surface area contributed by atoms with Crippen LogP contribution in [-0.4, -0.2) is 40.3 Å². The van der Waals surface area contributed by atoms with Crippen LogP contribution in [-0.2, 0) is 11.8 Å². The Morgan fingerprint density at radius 3 is 2.39 bits per heavy atom. The van der Waals surface area contributed by atoms with Gasteiger partial charge in [-0.05, 0) is 48.6 Å². The first-order valence-electron chi connectivity index (χ1n) is 9.42. The highest BCUT2D eigenvalue weighted by atomic mass is 127. The second-order valence-corrected chi connectivity index (χ2v) is 6.93. The summed E-state index contributed by atoms with van der Waals surface area (Å²) < 4.78 is 10.8. The summed E-state index contributed by atoms with van der Waals surface area (Å²) in [6.45, 7) is 1.67. The number of nitrogens with zero attached hydrogens (tertiary/aromatic N) is 1. The fourth-order valence-corrected chi connectivity index (χ4v) is 3.38. The topological polar surface area (TPSA) is 54.9 Å². The fraction of sp³-hybridized carbons (Fsp3) is 0.409. The van der Waals surface area contributed by atoms with Gasteiger partial charge in [-0.25, -0.2) is 0 Å². The second-order valence-electron chi connectivity index (χ2n) is 6.93. The number of benzene rings is 2. The molecule has 0 heterocycles. The van der Waals surface area contributed by atoms with Crippen LogP contribution >= 0.6 is 24.0 Å². The molecule has 1 aliphatic carbocycles. The Kier molecular flexibility index (Phi) is 8.41. The van der Waals surface area contributed by atoms with Crippen molar-refractivity contribution in [3.8, 4) is 11.5 Å². The molecule has 6 heteroatoms. The lowest BCUT2D eigenvalue weighted by molar-refractivity contribution is 0.398. The highest BCUT2D eigenvalue weighted by Crippen LogP contribution is 2.47. The Balaban J connectivity index is 0.00000280. The normalized spacial score (nSPS) is 14.6. The van der Waals surface area contributed by atoms with Gasteiger partial charge in [0.15, 0.2) is 5.96 Å². The number of aliphatic imine (C=N–C) groups is 1. The minimum atomic E-state index is 0. The van der Waals surface area contributed by atoms with E-state index < -0.39 is 0 Å². The van der Waals surface area contributed by atoms with Gasteiger partial charge in [0.25, 0.3) is 0 Å². The Hall–Kier alpha value is -1.96. The summed E-state index contributed by atoms with van der Waals surface area (Å²) in [5, 5.41) is 6.89. The van der Waals surface area contributed by atoms with Crippen LogP contribution in [0.15, 0.2) is 53.5 Å². The van der Waals surface area contributed by atoms with Crippen molar-refractivity contribution in [2.24, 2.45) is 4.99 Å². The molecule has 0 unspecified atom stereocenters. The summed E-state index contributed by atoms with van der Waals surface area (Å²) in [6.07, 6.45) is 3.27. The van der Waals surface area contributed by atoms with Crippen LogP contribution in [0.5, 0.6) is 11.5 Å². The highest BCUT2D eigenvalue weighted by molar-refractivity contribution is 14.0. The van der Waals surface area contributed by atoms with Gasteiger partial charge >= 0.3 is 0 Å². The van der Waals surface area contributed by atoms with Crippen molar-refractivity contribution in [2.45, 2.75) is 24.7 Å². The summed E-state index contributed by atoms with van der Waals surface area (Å²) in [6, 6.07) is 16.6. The third-order valence-corrected chi connectivity index (χ3v) is 5.23. The van der Waals surface area contributed by atoms with Gasteiger partial charge in [-0.2, -0.15) is 0 Å². The first-order chi connectivity index (χ1) is 13.2. The summed E-state index contributed by atoms with van der Waals surface area (Å²) in [5.74, 6) is 2.55. The summed E-state index contributed by atoms with van der Waals surface area (Å²) in [5.41, 5.74) is 2.78. The van der Waals surface area contributed by atoms with E-state index in [-0.39, 0.29) is 29.4 Å². The van der Waals surface area contributed by atoms with Gasteiger partial charge in [0.05, 0.1) is 14.2 Å². The number of guanidine groups is 1. The van der Waals surface area contributed by atoms with E-state index in [0.29, 0.717) is 0 Å². The molecule has 2 aromatic rings. The van der Waals surface area contributed by atoms with Crippen molar-refractivity contribution in [2.75, 3.05) is 34.4 Å². The smallest absolute Gasteiger partial charge is 0.191 e.